The third-order valence-electron chi connectivity index (χ3n) is 4.82. The maximum atomic E-state index is 11.6. The zero-order valence-corrected chi connectivity index (χ0v) is 13.0. The van der Waals surface area contributed by atoms with Crippen LogP contribution in [0.15, 0.2) is 0 Å². The molecule has 5 heteroatoms. The van der Waals surface area contributed by atoms with Gasteiger partial charge in [-0.05, 0) is 56.8 Å². The van der Waals surface area contributed by atoms with Gasteiger partial charge in [-0.15, -0.1) is 0 Å². The first-order valence-corrected chi connectivity index (χ1v) is 9.31. The second-order valence-electron chi connectivity index (χ2n) is 6.74. The molecule has 1 heterocycles. The van der Waals surface area contributed by atoms with Gasteiger partial charge in [0.05, 0.1) is 11.9 Å². The molecule has 0 aromatic rings. The summed E-state index contributed by atoms with van der Waals surface area (Å²) in [5.74, 6) is 1.04. The van der Waals surface area contributed by atoms with Crippen molar-refractivity contribution in [1.29, 1.82) is 0 Å². The van der Waals surface area contributed by atoms with E-state index >= 15 is 0 Å². The zero-order valence-electron chi connectivity index (χ0n) is 12.1. The van der Waals surface area contributed by atoms with E-state index in [1.807, 2.05) is 0 Å². The summed E-state index contributed by atoms with van der Waals surface area (Å²) in [6.45, 7) is 3.48. The van der Waals surface area contributed by atoms with Crippen molar-refractivity contribution in [3.63, 3.8) is 0 Å². The standard InChI is InChI=1S/C14H27NO3S/c1-12-5-7-14(16,8-6-12)10-13-4-3-9-15(11-13)19(2,17)18/h12-13,16H,3-11H2,1-2H3. The van der Waals surface area contributed by atoms with E-state index in [2.05, 4.69) is 6.92 Å². The number of rotatable bonds is 3. The summed E-state index contributed by atoms with van der Waals surface area (Å²) < 4.78 is 24.8. The van der Waals surface area contributed by atoms with E-state index in [0.29, 0.717) is 19.0 Å². The van der Waals surface area contributed by atoms with Gasteiger partial charge in [0.2, 0.25) is 10.0 Å². The molecule has 112 valence electrons. The van der Waals surface area contributed by atoms with Crippen LogP contribution >= 0.6 is 0 Å². The first-order valence-electron chi connectivity index (χ1n) is 7.46. The Kier molecular flexibility index (Phi) is 4.58. The summed E-state index contributed by atoms with van der Waals surface area (Å²) >= 11 is 0. The Bertz CT molecular complexity index is 399. The Morgan fingerprint density at radius 3 is 2.47 bits per heavy atom. The molecule has 0 spiro atoms. The molecule has 1 saturated heterocycles. The van der Waals surface area contributed by atoms with Gasteiger partial charge in [0.1, 0.15) is 0 Å². The molecule has 0 aromatic carbocycles. The quantitative estimate of drug-likeness (QED) is 0.864. The molecular weight excluding hydrogens is 262 g/mol. The number of aliphatic hydroxyl groups is 1. The molecule has 19 heavy (non-hydrogen) atoms. The lowest BCUT2D eigenvalue weighted by molar-refractivity contribution is -0.0325. The minimum Gasteiger partial charge on any atom is -0.390 e. The van der Waals surface area contributed by atoms with E-state index in [0.717, 1.165) is 50.9 Å². The van der Waals surface area contributed by atoms with Crippen molar-refractivity contribution in [2.24, 2.45) is 11.8 Å². The van der Waals surface area contributed by atoms with E-state index in [4.69, 9.17) is 0 Å². The molecule has 0 bridgehead atoms. The Morgan fingerprint density at radius 1 is 1.26 bits per heavy atom. The van der Waals surface area contributed by atoms with Crippen LogP contribution in [0.2, 0.25) is 0 Å². The van der Waals surface area contributed by atoms with Crippen LogP contribution in [0.25, 0.3) is 0 Å². The van der Waals surface area contributed by atoms with Gasteiger partial charge in [-0.1, -0.05) is 6.92 Å². The van der Waals surface area contributed by atoms with Gasteiger partial charge < -0.3 is 5.11 Å². The third kappa shape index (κ3) is 4.17. The van der Waals surface area contributed by atoms with E-state index < -0.39 is 15.6 Å². The second kappa shape index (κ2) is 5.70. The smallest absolute Gasteiger partial charge is 0.211 e. The molecule has 2 fully saturated rings. The average Bonchev–Trinajstić information content (AvgIpc) is 2.33. The van der Waals surface area contributed by atoms with Crippen molar-refractivity contribution in [2.45, 2.75) is 57.5 Å². The first kappa shape index (κ1) is 15.3. The topological polar surface area (TPSA) is 57.6 Å². The Labute approximate surface area is 117 Å². The fourth-order valence-electron chi connectivity index (χ4n) is 3.54. The summed E-state index contributed by atoms with van der Waals surface area (Å²) in [5.41, 5.74) is -0.544. The lowest BCUT2D eigenvalue weighted by Crippen LogP contribution is -2.43. The lowest BCUT2D eigenvalue weighted by atomic mass is 9.74. The van der Waals surface area contributed by atoms with Crippen molar-refractivity contribution in [3.05, 3.63) is 0 Å². The molecule has 4 nitrogen and oxygen atoms in total. The van der Waals surface area contributed by atoms with Gasteiger partial charge >= 0.3 is 0 Å². The Morgan fingerprint density at radius 2 is 1.89 bits per heavy atom. The second-order valence-corrected chi connectivity index (χ2v) is 8.72. The van der Waals surface area contributed by atoms with Crippen LogP contribution < -0.4 is 0 Å². The molecule has 2 rings (SSSR count). The molecule has 2 aliphatic rings. The largest absolute Gasteiger partial charge is 0.390 e. The molecule has 0 radical (unpaired) electrons. The van der Waals surface area contributed by atoms with E-state index in [1.54, 1.807) is 4.31 Å². The molecule has 1 atom stereocenters. The number of hydrogen-bond donors (Lipinski definition) is 1. The zero-order chi connectivity index (χ0) is 14.1. The van der Waals surface area contributed by atoms with E-state index in [-0.39, 0.29) is 0 Å². The minimum atomic E-state index is -3.08. The van der Waals surface area contributed by atoms with Crippen molar-refractivity contribution >= 4 is 10.0 Å². The Hall–Kier alpha value is -0.130. The van der Waals surface area contributed by atoms with E-state index in [9.17, 15) is 13.5 Å². The summed E-state index contributed by atoms with van der Waals surface area (Å²) in [6, 6.07) is 0. The molecule has 1 saturated carbocycles. The fraction of sp³-hybridized carbons (Fsp3) is 1.00. The molecule has 1 aliphatic carbocycles. The predicted octanol–water partition coefficient (Wildman–Crippen LogP) is 1.99. The van der Waals surface area contributed by atoms with Gasteiger partial charge in [0, 0.05) is 13.1 Å². The molecule has 1 unspecified atom stereocenters. The number of nitrogens with zero attached hydrogens (tertiary/aromatic N) is 1. The van der Waals surface area contributed by atoms with Crippen LogP contribution in [-0.2, 0) is 10.0 Å². The molecule has 0 aromatic heterocycles. The van der Waals surface area contributed by atoms with Crippen LogP contribution in [0.4, 0.5) is 0 Å². The number of sulfonamides is 1. The summed E-state index contributed by atoms with van der Waals surface area (Å²) in [5, 5.41) is 10.7. The van der Waals surface area contributed by atoms with Gasteiger partial charge in [-0.2, -0.15) is 0 Å². The molecule has 0 amide bonds. The predicted molar refractivity (Wildman–Crippen MR) is 76.3 cm³/mol. The maximum absolute atomic E-state index is 11.6. The highest BCUT2D eigenvalue weighted by molar-refractivity contribution is 7.88. The maximum Gasteiger partial charge on any atom is 0.211 e. The van der Waals surface area contributed by atoms with Gasteiger partial charge in [-0.25, -0.2) is 12.7 Å². The van der Waals surface area contributed by atoms with Crippen LogP contribution in [0, 0.1) is 11.8 Å². The highest BCUT2D eigenvalue weighted by Gasteiger charge is 2.36. The van der Waals surface area contributed by atoms with Gasteiger partial charge in [0.15, 0.2) is 0 Å². The van der Waals surface area contributed by atoms with Crippen LogP contribution in [0.3, 0.4) is 0 Å². The molecule has 1 aliphatic heterocycles. The van der Waals surface area contributed by atoms with Crippen molar-refractivity contribution in [1.82, 2.24) is 4.31 Å². The Balaban J connectivity index is 1.92. The highest BCUT2D eigenvalue weighted by Crippen LogP contribution is 2.38. The fourth-order valence-corrected chi connectivity index (χ4v) is 4.48. The highest BCUT2D eigenvalue weighted by atomic mass is 32.2. The molecular formula is C14H27NO3S. The van der Waals surface area contributed by atoms with Crippen LogP contribution in [0.1, 0.15) is 51.9 Å². The summed E-state index contributed by atoms with van der Waals surface area (Å²) in [4.78, 5) is 0. The van der Waals surface area contributed by atoms with Crippen LogP contribution in [0.5, 0.6) is 0 Å². The van der Waals surface area contributed by atoms with Crippen molar-refractivity contribution in [3.8, 4) is 0 Å². The lowest BCUT2D eigenvalue weighted by Gasteiger charge is -2.40. The van der Waals surface area contributed by atoms with E-state index in [1.165, 1.54) is 6.26 Å². The van der Waals surface area contributed by atoms with Crippen molar-refractivity contribution in [2.75, 3.05) is 19.3 Å². The molecule has 1 N–H and O–H groups in total. The average molecular weight is 289 g/mol. The monoisotopic (exact) mass is 289 g/mol. The SMILES string of the molecule is CC1CCC(O)(CC2CCCN(S(C)(=O)=O)C2)CC1. The van der Waals surface area contributed by atoms with Crippen molar-refractivity contribution < 1.29 is 13.5 Å². The number of hydrogen-bond acceptors (Lipinski definition) is 3. The summed E-state index contributed by atoms with van der Waals surface area (Å²) in [7, 11) is -3.08. The number of piperidine rings is 1. The summed E-state index contributed by atoms with van der Waals surface area (Å²) in [6.07, 6.45) is 7.97. The minimum absolute atomic E-state index is 0.321. The third-order valence-corrected chi connectivity index (χ3v) is 6.09. The first-order chi connectivity index (χ1) is 8.78. The van der Waals surface area contributed by atoms with Crippen LogP contribution in [-0.4, -0.2) is 42.8 Å². The normalized spacial score (nSPS) is 38.3. The van der Waals surface area contributed by atoms with Gasteiger partial charge in [0.25, 0.3) is 0 Å². The van der Waals surface area contributed by atoms with Gasteiger partial charge in [-0.3, -0.25) is 0 Å².